The Morgan fingerprint density at radius 1 is 1.03 bits per heavy atom. The quantitative estimate of drug-likeness (QED) is 0.528. The molecule has 1 amide bonds. The predicted octanol–water partition coefficient (Wildman–Crippen LogP) is 5.89. The van der Waals surface area contributed by atoms with E-state index in [4.69, 9.17) is 0 Å². The Balaban J connectivity index is 1.64. The van der Waals surface area contributed by atoms with Crippen LogP contribution >= 0.6 is 0 Å². The minimum Gasteiger partial charge on any atom is -0.309 e. The molecule has 1 heterocycles. The molecule has 3 nitrogen and oxygen atoms in total. The number of amides is 1. The van der Waals surface area contributed by atoms with Gasteiger partial charge in [0.2, 0.25) is 5.91 Å². The van der Waals surface area contributed by atoms with Gasteiger partial charge < -0.3 is 4.90 Å². The zero-order chi connectivity index (χ0) is 22.6. The summed E-state index contributed by atoms with van der Waals surface area (Å²) in [6, 6.07) is 11.3. The maximum atomic E-state index is 13.4. The van der Waals surface area contributed by atoms with Gasteiger partial charge in [-0.3, -0.25) is 9.69 Å². The fourth-order valence-electron chi connectivity index (χ4n) is 4.00. The number of nitrogens with zero attached hydrogens (tertiary/aromatic N) is 2. The maximum Gasteiger partial charge on any atom is 0.416 e. The molecule has 2 aromatic carbocycles. The zero-order valence-electron chi connectivity index (χ0n) is 17.8. The lowest BCUT2D eigenvalue weighted by molar-refractivity contribution is -0.137. The molecule has 1 fully saturated rings. The van der Waals surface area contributed by atoms with Gasteiger partial charge in [0.05, 0.1) is 5.56 Å². The topological polar surface area (TPSA) is 23.6 Å². The Labute approximate surface area is 180 Å². The number of alkyl halides is 3. The van der Waals surface area contributed by atoms with Crippen LogP contribution in [-0.4, -0.2) is 29.9 Å². The first kappa shape index (κ1) is 23.3. The first-order valence-corrected chi connectivity index (χ1v) is 10.6. The molecule has 0 aliphatic carbocycles. The third-order valence-corrected chi connectivity index (χ3v) is 5.57. The number of likely N-dealkylation sites (tertiary alicyclic amines) is 1. The number of halogens is 4. The first-order chi connectivity index (χ1) is 14.6. The smallest absolute Gasteiger partial charge is 0.309 e. The van der Waals surface area contributed by atoms with E-state index >= 15 is 0 Å². The summed E-state index contributed by atoms with van der Waals surface area (Å²) in [5.74, 6) is -0.0932. The van der Waals surface area contributed by atoms with E-state index in [1.807, 2.05) is 13.8 Å². The molecule has 7 heteroatoms. The molecule has 0 N–H and O–H groups in total. The Morgan fingerprint density at radius 3 is 2.13 bits per heavy atom. The average molecular weight is 436 g/mol. The van der Waals surface area contributed by atoms with Crippen molar-refractivity contribution in [1.29, 1.82) is 0 Å². The van der Waals surface area contributed by atoms with Gasteiger partial charge in [0.1, 0.15) is 5.82 Å². The molecule has 31 heavy (non-hydrogen) atoms. The van der Waals surface area contributed by atoms with Crippen LogP contribution in [0.15, 0.2) is 48.5 Å². The van der Waals surface area contributed by atoms with Crippen LogP contribution in [0.25, 0.3) is 0 Å². The summed E-state index contributed by atoms with van der Waals surface area (Å²) in [4.78, 5) is 16.9. The minimum atomic E-state index is -4.33. The van der Waals surface area contributed by atoms with Crippen molar-refractivity contribution in [2.75, 3.05) is 18.0 Å². The molecular weight excluding hydrogens is 408 g/mol. The summed E-state index contributed by atoms with van der Waals surface area (Å²) < 4.78 is 51.6. The number of rotatable bonds is 6. The normalized spacial score (nSPS) is 16.0. The minimum absolute atomic E-state index is 0.0144. The van der Waals surface area contributed by atoms with Crippen molar-refractivity contribution in [2.24, 2.45) is 5.92 Å². The Hall–Kier alpha value is -2.41. The predicted molar refractivity (Wildman–Crippen MR) is 113 cm³/mol. The third kappa shape index (κ3) is 6.29. The molecule has 3 rings (SSSR count). The number of piperidine rings is 1. The SMILES string of the molecule is CC(C)CC(=O)N(c1ccc(F)cc1)C1CCN(Cc2ccc(C(F)(F)F)cc2)CC1. The Kier molecular flexibility index (Phi) is 7.36. The van der Waals surface area contributed by atoms with Crippen molar-refractivity contribution in [3.8, 4) is 0 Å². The van der Waals surface area contributed by atoms with Gasteiger partial charge in [-0.05, 0) is 60.7 Å². The number of anilines is 1. The summed E-state index contributed by atoms with van der Waals surface area (Å²) in [6.45, 7) is 6.03. The Morgan fingerprint density at radius 2 is 1.61 bits per heavy atom. The molecular formula is C24H28F4N2O. The lowest BCUT2D eigenvalue weighted by atomic mass is 9.99. The van der Waals surface area contributed by atoms with E-state index < -0.39 is 11.7 Å². The highest BCUT2D eigenvalue weighted by molar-refractivity contribution is 5.94. The van der Waals surface area contributed by atoms with Crippen LogP contribution in [0, 0.1) is 11.7 Å². The zero-order valence-corrected chi connectivity index (χ0v) is 17.8. The second kappa shape index (κ2) is 9.81. The van der Waals surface area contributed by atoms with Crippen LogP contribution < -0.4 is 4.90 Å². The number of carbonyl (C=O) groups excluding carboxylic acids is 1. The second-order valence-corrected chi connectivity index (χ2v) is 8.54. The van der Waals surface area contributed by atoms with Gasteiger partial charge in [-0.15, -0.1) is 0 Å². The summed E-state index contributed by atoms with van der Waals surface area (Å²) in [5.41, 5.74) is 0.888. The molecule has 1 aliphatic rings. The van der Waals surface area contributed by atoms with Crippen molar-refractivity contribution in [3.05, 3.63) is 65.5 Å². The highest BCUT2D eigenvalue weighted by Crippen LogP contribution is 2.30. The van der Waals surface area contributed by atoms with Gasteiger partial charge in [0, 0.05) is 37.8 Å². The fourth-order valence-corrected chi connectivity index (χ4v) is 4.00. The van der Waals surface area contributed by atoms with E-state index in [9.17, 15) is 22.4 Å². The van der Waals surface area contributed by atoms with Crippen molar-refractivity contribution >= 4 is 11.6 Å². The highest BCUT2D eigenvalue weighted by Gasteiger charge is 2.31. The standard InChI is InChI=1S/C24H28F4N2O/c1-17(2)15-23(31)30(21-9-7-20(25)8-10-21)22-11-13-29(14-12-22)16-18-3-5-19(6-4-18)24(26,27)28/h3-10,17,22H,11-16H2,1-2H3. The molecule has 0 bridgehead atoms. The number of benzene rings is 2. The molecule has 0 radical (unpaired) electrons. The molecule has 2 aromatic rings. The molecule has 0 spiro atoms. The summed E-state index contributed by atoms with van der Waals surface area (Å²) >= 11 is 0. The van der Waals surface area contributed by atoms with E-state index in [-0.39, 0.29) is 23.7 Å². The molecule has 1 aliphatic heterocycles. The summed E-state index contributed by atoms with van der Waals surface area (Å²) in [7, 11) is 0. The third-order valence-electron chi connectivity index (χ3n) is 5.57. The fraction of sp³-hybridized carbons (Fsp3) is 0.458. The molecule has 0 unspecified atom stereocenters. The Bertz CT molecular complexity index is 855. The van der Waals surface area contributed by atoms with Crippen LogP contribution in [0.1, 0.15) is 44.2 Å². The van der Waals surface area contributed by atoms with E-state index in [0.29, 0.717) is 18.7 Å². The van der Waals surface area contributed by atoms with E-state index in [2.05, 4.69) is 4.90 Å². The van der Waals surface area contributed by atoms with Gasteiger partial charge in [-0.1, -0.05) is 26.0 Å². The molecule has 168 valence electrons. The largest absolute Gasteiger partial charge is 0.416 e. The first-order valence-electron chi connectivity index (χ1n) is 10.6. The second-order valence-electron chi connectivity index (χ2n) is 8.54. The lowest BCUT2D eigenvalue weighted by Gasteiger charge is -2.39. The van der Waals surface area contributed by atoms with Crippen LogP contribution in [0.4, 0.5) is 23.2 Å². The maximum absolute atomic E-state index is 13.4. The van der Waals surface area contributed by atoms with Crippen LogP contribution in [0.5, 0.6) is 0 Å². The molecule has 1 saturated heterocycles. The molecule has 0 atom stereocenters. The van der Waals surface area contributed by atoms with Gasteiger partial charge in [0.15, 0.2) is 0 Å². The highest BCUT2D eigenvalue weighted by atomic mass is 19.4. The van der Waals surface area contributed by atoms with E-state index in [1.54, 1.807) is 17.0 Å². The van der Waals surface area contributed by atoms with Crippen LogP contribution in [0.3, 0.4) is 0 Å². The number of carbonyl (C=O) groups is 1. The van der Waals surface area contributed by atoms with Gasteiger partial charge in [0.25, 0.3) is 0 Å². The summed E-state index contributed by atoms with van der Waals surface area (Å²) in [5, 5.41) is 0. The van der Waals surface area contributed by atoms with Gasteiger partial charge in [-0.25, -0.2) is 4.39 Å². The van der Waals surface area contributed by atoms with Crippen molar-refractivity contribution in [1.82, 2.24) is 4.90 Å². The monoisotopic (exact) mass is 436 g/mol. The molecule has 0 saturated carbocycles. The number of hydrogen-bond donors (Lipinski definition) is 0. The summed E-state index contributed by atoms with van der Waals surface area (Å²) in [6.07, 6.45) is -2.41. The number of hydrogen-bond acceptors (Lipinski definition) is 2. The van der Waals surface area contributed by atoms with E-state index in [1.165, 1.54) is 24.3 Å². The average Bonchev–Trinajstić information content (AvgIpc) is 2.70. The molecule has 0 aromatic heterocycles. The van der Waals surface area contributed by atoms with Gasteiger partial charge in [-0.2, -0.15) is 13.2 Å². The van der Waals surface area contributed by atoms with Crippen molar-refractivity contribution < 1.29 is 22.4 Å². The lowest BCUT2D eigenvalue weighted by Crippen LogP contribution is -2.47. The van der Waals surface area contributed by atoms with Crippen molar-refractivity contribution in [3.63, 3.8) is 0 Å². The van der Waals surface area contributed by atoms with Crippen LogP contribution in [-0.2, 0) is 17.5 Å². The van der Waals surface area contributed by atoms with Gasteiger partial charge >= 0.3 is 6.18 Å². The van der Waals surface area contributed by atoms with E-state index in [0.717, 1.165) is 43.6 Å². The van der Waals surface area contributed by atoms with Crippen molar-refractivity contribution in [2.45, 2.75) is 51.9 Å². The van der Waals surface area contributed by atoms with Crippen LogP contribution in [0.2, 0.25) is 0 Å².